The lowest BCUT2D eigenvalue weighted by atomic mass is 10.0. The molecule has 0 bridgehead atoms. The van der Waals surface area contributed by atoms with Crippen molar-refractivity contribution in [3.63, 3.8) is 0 Å². The van der Waals surface area contributed by atoms with Crippen molar-refractivity contribution in [2.75, 3.05) is 31.6 Å². The Morgan fingerprint density at radius 1 is 0.786 bits per heavy atom. The first-order valence-electron chi connectivity index (χ1n) is 13.5. The van der Waals surface area contributed by atoms with Gasteiger partial charge in [-0.2, -0.15) is 0 Å². The molecule has 5 aromatic carbocycles. The molecule has 0 atom stereocenters. The van der Waals surface area contributed by atoms with Gasteiger partial charge in [-0.05, 0) is 65.5 Å². The summed E-state index contributed by atoms with van der Waals surface area (Å²) in [5.74, 6) is 0.0820. The lowest BCUT2D eigenvalue weighted by Crippen LogP contribution is -2.28. The lowest BCUT2D eigenvalue weighted by Gasteiger charge is -2.15. The highest BCUT2D eigenvalue weighted by atomic mass is 35.5. The minimum atomic E-state index is -0.462. The van der Waals surface area contributed by atoms with Gasteiger partial charge in [0.1, 0.15) is 23.9 Å². The van der Waals surface area contributed by atoms with Gasteiger partial charge in [0.15, 0.2) is 0 Å². The Balaban J connectivity index is 1.29. The van der Waals surface area contributed by atoms with Crippen molar-refractivity contribution >= 4 is 50.6 Å². The van der Waals surface area contributed by atoms with Gasteiger partial charge >= 0.3 is 0 Å². The van der Waals surface area contributed by atoms with Gasteiger partial charge in [0.25, 0.3) is 11.8 Å². The van der Waals surface area contributed by atoms with Crippen molar-refractivity contribution in [2.24, 2.45) is 5.73 Å². The van der Waals surface area contributed by atoms with E-state index in [2.05, 4.69) is 10.6 Å². The van der Waals surface area contributed by atoms with Crippen LogP contribution in [-0.2, 0) is 0 Å². The van der Waals surface area contributed by atoms with E-state index < -0.39 is 5.91 Å². The number of ether oxygens (including phenoxy) is 2. The third kappa shape index (κ3) is 6.74. The molecule has 0 aliphatic rings. The monoisotopic (exact) mass is 583 g/mol. The van der Waals surface area contributed by atoms with Crippen LogP contribution in [0.2, 0.25) is 5.02 Å². The van der Waals surface area contributed by atoms with E-state index in [0.717, 1.165) is 21.5 Å². The molecule has 214 valence electrons. The number of phenols is 1. The zero-order valence-electron chi connectivity index (χ0n) is 22.7. The quantitative estimate of drug-likeness (QED) is 0.109. The minimum absolute atomic E-state index is 0.115. The molecule has 5 N–H and O–H groups in total. The molecule has 0 radical (unpaired) electrons. The van der Waals surface area contributed by atoms with Crippen LogP contribution in [0.15, 0.2) is 91.0 Å². The lowest BCUT2D eigenvalue weighted by molar-refractivity contribution is 0.0944. The van der Waals surface area contributed by atoms with E-state index in [1.165, 1.54) is 12.1 Å². The maximum atomic E-state index is 13.3. The first-order valence-corrected chi connectivity index (χ1v) is 13.9. The molecule has 42 heavy (non-hydrogen) atoms. The number of aromatic hydroxyl groups is 1. The summed E-state index contributed by atoms with van der Waals surface area (Å²) in [6, 6.07) is 26.8. The van der Waals surface area contributed by atoms with Crippen LogP contribution in [0.4, 0.5) is 5.69 Å². The van der Waals surface area contributed by atoms with Crippen molar-refractivity contribution < 1.29 is 24.2 Å². The highest BCUT2D eigenvalue weighted by molar-refractivity contribution is 6.30. The Labute approximate surface area is 248 Å². The first-order chi connectivity index (χ1) is 20.4. The Bertz CT molecular complexity index is 1760. The summed E-state index contributed by atoms with van der Waals surface area (Å²) in [5, 5.41) is 19.7. The third-order valence-electron chi connectivity index (χ3n) is 6.64. The number of fused-ring (bicyclic) bond motifs is 2. The molecule has 2 amide bonds. The van der Waals surface area contributed by atoms with Gasteiger partial charge in [-0.1, -0.05) is 60.1 Å². The number of carbonyl (C=O) groups is 2. The van der Waals surface area contributed by atoms with Gasteiger partial charge in [0, 0.05) is 22.0 Å². The summed E-state index contributed by atoms with van der Waals surface area (Å²) in [4.78, 5) is 26.3. The van der Waals surface area contributed by atoms with Crippen molar-refractivity contribution in [2.45, 2.75) is 6.42 Å². The number of hydrogen-bond acceptors (Lipinski definition) is 6. The van der Waals surface area contributed by atoms with Crippen LogP contribution in [0.5, 0.6) is 17.2 Å². The molecule has 0 aliphatic carbocycles. The largest absolute Gasteiger partial charge is 0.506 e. The van der Waals surface area contributed by atoms with Crippen molar-refractivity contribution in [1.29, 1.82) is 0 Å². The van der Waals surface area contributed by atoms with Gasteiger partial charge < -0.3 is 30.9 Å². The van der Waals surface area contributed by atoms with Crippen LogP contribution in [0.25, 0.3) is 21.5 Å². The van der Waals surface area contributed by atoms with Gasteiger partial charge in [-0.25, -0.2) is 0 Å². The number of phenolic OH excluding ortho intramolecular Hbond substituents is 1. The molecular formula is C33H30ClN3O5. The molecule has 0 unspecified atom stereocenters. The van der Waals surface area contributed by atoms with E-state index in [-0.39, 0.29) is 36.1 Å². The summed E-state index contributed by atoms with van der Waals surface area (Å²) in [6.45, 7) is 1.28. The zero-order chi connectivity index (χ0) is 29.5. The maximum absolute atomic E-state index is 13.3. The molecule has 0 saturated heterocycles. The number of rotatable bonds is 11. The molecule has 8 nitrogen and oxygen atoms in total. The number of nitrogens with one attached hydrogen (secondary N) is 2. The fraction of sp³-hybridized carbons (Fsp3) is 0.152. The summed E-state index contributed by atoms with van der Waals surface area (Å²) in [6.07, 6.45) is 0.706. The molecule has 0 aliphatic heterocycles. The summed E-state index contributed by atoms with van der Waals surface area (Å²) < 4.78 is 11.9. The van der Waals surface area contributed by atoms with E-state index in [0.29, 0.717) is 41.7 Å². The van der Waals surface area contributed by atoms with Crippen LogP contribution < -0.4 is 25.8 Å². The first kappa shape index (κ1) is 28.7. The van der Waals surface area contributed by atoms with E-state index in [1.807, 2.05) is 54.6 Å². The predicted molar refractivity (Wildman–Crippen MR) is 166 cm³/mol. The molecule has 5 rings (SSSR count). The van der Waals surface area contributed by atoms with Gasteiger partial charge in [0.2, 0.25) is 0 Å². The topological polar surface area (TPSA) is 123 Å². The Morgan fingerprint density at radius 2 is 1.50 bits per heavy atom. The molecule has 0 saturated carbocycles. The normalized spacial score (nSPS) is 10.9. The zero-order valence-corrected chi connectivity index (χ0v) is 23.5. The number of halogens is 1. The molecule has 0 spiro atoms. The van der Waals surface area contributed by atoms with Crippen molar-refractivity contribution in [1.82, 2.24) is 5.32 Å². The second-order valence-electron chi connectivity index (χ2n) is 9.60. The van der Waals surface area contributed by atoms with Gasteiger partial charge in [0.05, 0.1) is 24.4 Å². The second-order valence-corrected chi connectivity index (χ2v) is 10.0. The van der Waals surface area contributed by atoms with E-state index >= 15 is 0 Å². The molecule has 5 aromatic rings. The number of carbonyl (C=O) groups excluding carboxylic acids is 2. The average molecular weight is 584 g/mol. The summed E-state index contributed by atoms with van der Waals surface area (Å²) in [5.41, 5.74) is 6.56. The Hall–Kier alpha value is -4.79. The average Bonchev–Trinajstić information content (AvgIpc) is 3.00. The second kappa shape index (κ2) is 13.2. The van der Waals surface area contributed by atoms with Gasteiger partial charge in [-0.15, -0.1) is 0 Å². The number of hydrogen-bond donors (Lipinski definition) is 4. The summed E-state index contributed by atoms with van der Waals surface area (Å²) in [7, 11) is 0. The van der Waals surface area contributed by atoms with Crippen molar-refractivity contribution in [3.05, 3.63) is 107 Å². The third-order valence-corrected chi connectivity index (χ3v) is 6.87. The van der Waals surface area contributed by atoms with E-state index in [9.17, 15) is 14.7 Å². The number of benzene rings is 5. The van der Waals surface area contributed by atoms with Crippen LogP contribution in [-0.4, -0.2) is 43.2 Å². The van der Waals surface area contributed by atoms with E-state index in [4.69, 9.17) is 26.8 Å². The molecule has 9 heteroatoms. The van der Waals surface area contributed by atoms with Gasteiger partial charge in [-0.3, -0.25) is 9.59 Å². The number of nitrogens with two attached hydrogens (primary N) is 1. The molecular weight excluding hydrogens is 554 g/mol. The SMILES string of the molecule is NCCCOc1cc(C(=O)NCCOc2cc3ccccc3cc2C(=O)Nc2ccc(Cl)cc2O)cc2ccccc12. The Morgan fingerprint density at radius 3 is 2.26 bits per heavy atom. The fourth-order valence-corrected chi connectivity index (χ4v) is 4.70. The van der Waals surface area contributed by atoms with E-state index in [1.54, 1.807) is 24.3 Å². The highest BCUT2D eigenvalue weighted by Gasteiger charge is 2.17. The summed E-state index contributed by atoms with van der Waals surface area (Å²) >= 11 is 5.92. The smallest absolute Gasteiger partial charge is 0.259 e. The number of amides is 2. The van der Waals surface area contributed by atoms with Crippen LogP contribution >= 0.6 is 11.6 Å². The Kier molecular flexibility index (Phi) is 9.06. The number of anilines is 1. The minimum Gasteiger partial charge on any atom is -0.506 e. The van der Waals surface area contributed by atoms with Crippen molar-refractivity contribution in [3.8, 4) is 17.2 Å². The maximum Gasteiger partial charge on any atom is 0.259 e. The molecule has 0 heterocycles. The van der Waals surface area contributed by atoms with Crippen LogP contribution in [0.3, 0.4) is 0 Å². The molecule has 0 fully saturated rings. The standard InChI is InChI=1S/C33H30ClN3O5/c34-25-10-11-28(29(38)20-25)37-33(40)27-17-21-6-1-2-7-22(21)18-31(27)42-15-13-36-32(39)24-16-23-8-3-4-9-26(23)30(19-24)41-14-5-12-35/h1-4,6-11,16-20,38H,5,12-15,35H2,(H,36,39)(H,37,40). The predicted octanol–water partition coefficient (Wildman–Crippen LogP) is 6.14. The fourth-order valence-electron chi connectivity index (χ4n) is 4.54. The highest BCUT2D eigenvalue weighted by Crippen LogP contribution is 2.31. The van der Waals surface area contributed by atoms with Crippen LogP contribution in [0, 0.1) is 0 Å². The molecule has 0 aromatic heterocycles. The van der Waals surface area contributed by atoms with Crippen LogP contribution in [0.1, 0.15) is 27.1 Å².